The molecule has 0 aliphatic carbocycles. The van der Waals surface area contributed by atoms with Crippen molar-refractivity contribution in [2.45, 2.75) is 50.5 Å². The molecule has 3 heterocycles. The van der Waals surface area contributed by atoms with Gasteiger partial charge in [0.15, 0.2) is 11.5 Å². The number of halogens is 1. The molecular formula is C43H49FN4O8S. The molecule has 302 valence electrons. The number of fused-ring (bicyclic) bond motifs is 1. The number of amides is 1. The number of nitrogens with zero attached hydrogens (tertiary/aromatic N) is 4. The number of carbonyl (C=O) groups excluding carboxylic acids is 1. The Hall–Kier alpha value is -5.02. The molecule has 0 radical (unpaired) electrons. The molecule has 0 saturated carbocycles. The van der Waals surface area contributed by atoms with Crippen LogP contribution in [0.4, 0.5) is 4.39 Å². The van der Waals surface area contributed by atoms with Crippen molar-refractivity contribution < 1.29 is 41.1 Å². The van der Waals surface area contributed by atoms with Gasteiger partial charge >= 0.3 is 0 Å². The summed E-state index contributed by atoms with van der Waals surface area (Å²) >= 11 is 0. The lowest BCUT2D eigenvalue weighted by atomic mass is 9.75. The maximum atomic E-state index is 14.9. The SMILES string of the molecule is COc1cc(CN2CC(OS(C)(=O)=O)C(CCN3CCC(O)(c4nc5ccccc5n4Cc4ccc(F)cc4)CC3)(Cc3ccccc3)C2=O)cc(OC)c1OC. The summed E-state index contributed by atoms with van der Waals surface area (Å²) < 4.78 is 63.8. The average Bonchev–Trinajstić information content (AvgIpc) is 3.69. The molecule has 1 N–H and O–H groups in total. The Balaban J connectivity index is 1.15. The Kier molecular flexibility index (Phi) is 11.6. The summed E-state index contributed by atoms with van der Waals surface area (Å²) in [5.74, 6) is 1.33. The van der Waals surface area contributed by atoms with Crippen LogP contribution < -0.4 is 14.2 Å². The van der Waals surface area contributed by atoms with Gasteiger partial charge in [-0.3, -0.25) is 8.98 Å². The fourth-order valence-electron chi connectivity index (χ4n) is 8.42. The zero-order valence-electron chi connectivity index (χ0n) is 32.7. The van der Waals surface area contributed by atoms with Gasteiger partial charge in [-0.05, 0) is 85.3 Å². The zero-order chi connectivity index (χ0) is 40.4. The smallest absolute Gasteiger partial charge is 0.264 e. The molecule has 57 heavy (non-hydrogen) atoms. The number of aliphatic hydroxyl groups is 1. The molecule has 2 unspecified atom stereocenters. The van der Waals surface area contributed by atoms with Crippen molar-refractivity contribution in [3.8, 4) is 17.2 Å². The minimum absolute atomic E-state index is 0.0550. The molecule has 2 atom stereocenters. The van der Waals surface area contributed by atoms with Gasteiger partial charge in [-0.1, -0.05) is 54.6 Å². The maximum absolute atomic E-state index is 14.9. The van der Waals surface area contributed by atoms with Gasteiger partial charge in [0.2, 0.25) is 11.7 Å². The lowest BCUT2D eigenvalue weighted by molar-refractivity contribution is -0.139. The lowest BCUT2D eigenvalue weighted by Crippen LogP contribution is -2.48. The summed E-state index contributed by atoms with van der Waals surface area (Å²) in [5, 5.41) is 12.2. The molecular weight excluding hydrogens is 752 g/mol. The van der Waals surface area contributed by atoms with Crippen LogP contribution in [0.25, 0.3) is 11.0 Å². The normalized spacial score (nSPS) is 19.9. The Morgan fingerprint density at radius 2 is 1.49 bits per heavy atom. The molecule has 5 aromatic rings. The number of likely N-dealkylation sites (tertiary alicyclic amines) is 2. The number of ether oxygens (including phenoxy) is 3. The van der Waals surface area contributed by atoms with E-state index >= 15 is 0 Å². The number of carbonyl (C=O) groups is 1. The monoisotopic (exact) mass is 800 g/mol. The highest BCUT2D eigenvalue weighted by Crippen LogP contribution is 2.45. The number of piperidine rings is 1. The summed E-state index contributed by atoms with van der Waals surface area (Å²) in [6.45, 7) is 2.12. The topological polar surface area (TPSA) is 133 Å². The van der Waals surface area contributed by atoms with Crippen LogP contribution in [-0.4, -0.2) is 98.7 Å². The number of methoxy groups -OCH3 is 3. The zero-order valence-corrected chi connectivity index (χ0v) is 33.5. The van der Waals surface area contributed by atoms with Gasteiger partial charge < -0.3 is 33.7 Å². The summed E-state index contributed by atoms with van der Waals surface area (Å²) in [6.07, 6.45) is 1.40. The van der Waals surface area contributed by atoms with Crippen LogP contribution in [-0.2, 0) is 44.2 Å². The maximum Gasteiger partial charge on any atom is 0.264 e. The number of para-hydroxylation sites is 2. The van der Waals surface area contributed by atoms with E-state index in [1.165, 1.54) is 33.5 Å². The second kappa shape index (κ2) is 16.5. The van der Waals surface area contributed by atoms with Crippen molar-refractivity contribution in [1.29, 1.82) is 0 Å². The second-order valence-corrected chi connectivity index (χ2v) is 16.7. The van der Waals surface area contributed by atoms with Crippen LogP contribution in [0.5, 0.6) is 17.2 Å². The van der Waals surface area contributed by atoms with Crippen LogP contribution in [0.1, 0.15) is 41.8 Å². The summed E-state index contributed by atoms with van der Waals surface area (Å²) in [4.78, 5) is 23.7. The third-order valence-corrected chi connectivity index (χ3v) is 11.9. The first-order chi connectivity index (χ1) is 27.3. The summed E-state index contributed by atoms with van der Waals surface area (Å²) in [5.41, 5.74) is 1.67. The van der Waals surface area contributed by atoms with E-state index in [0.717, 1.165) is 28.4 Å². The van der Waals surface area contributed by atoms with E-state index in [-0.39, 0.29) is 31.2 Å². The number of benzene rings is 4. The third-order valence-electron chi connectivity index (χ3n) is 11.3. The quantitative estimate of drug-likeness (QED) is 0.135. The lowest BCUT2D eigenvalue weighted by Gasteiger charge is -2.40. The number of rotatable bonds is 15. The summed E-state index contributed by atoms with van der Waals surface area (Å²) in [7, 11) is 0.603. The van der Waals surface area contributed by atoms with Crippen molar-refractivity contribution in [1.82, 2.24) is 19.4 Å². The van der Waals surface area contributed by atoms with Crippen molar-refractivity contribution >= 4 is 27.1 Å². The predicted molar refractivity (Wildman–Crippen MR) is 213 cm³/mol. The number of imidazole rings is 1. The van der Waals surface area contributed by atoms with Gasteiger partial charge in [0, 0.05) is 32.7 Å². The number of hydrogen-bond donors (Lipinski definition) is 1. The first kappa shape index (κ1) is 40.2. The van der Waals surface area contributed by atoms with E-state index in [0.29, 0.717) is 74.1 Å². The molecule has 12 nitrogen and oxygen atoms in total. The number of aromatic nitrogens is 2. The Labute approximate surface area is 332 Å². The van der Waals surface area contributed by atoms with Crippen LogP contribution in [0.2, 0.25) is 0 Å². The summed E-state index contributed by atoms with van der Waals surface area (Å²) in [6, 6.07) is 27.2. The highest BCUT2D eigenvalue weighted by Gasteiger charge is 2.56. The standard InChI is InChI=1S/C43H49FN4O8S/c1-53-36-24-32(25-37(54-2)39(36)55-3)27-47-29-38(56-57(4,51)52)42(41(47)49,26-30-10-6-5-7-11-30)18-21-46-22-19-43(50,20-23-46)40-45-34-12-8-9-13-35(34)48(40)28-31-14-16-33(44)17-15-31/h5-17,24-25,38,50H,18-23,26-29H2,1-4H3. The first-order valence-electron chi connectivity index (χ1n) is 19.0. The molecule has 0 spiro atoms. The van der Waals surface area contributed by atoms with Gasteiger partial charge in [-0.2, -0.15) is 8.42 Å². The van der Waals surface area contributed by atoms with Crippen LogP contribution >= 0.6 is 0 Å². The molecule has 2 aliphatic heterocycles. The van der Waals surface area contributed by atoms with Crippen LogP contribution in [0.15, 0.2) is 91.0 Å². The molecule has 2 aliphatic rings. The Bertz CT molecular complexity index is 2290. The van der Waals surface area contributed by atoms with Crippen LogP contribution in [0.3, 0.4) is 0 Å². The van der Waals surface area contributed by atoms with E-state index in [9.17, 15) is 22.7 Å². The second-order valence-electron chi connectivity index (χ2n) is 15.1. The average molecular weight is 801 g/mol. The van der Waals surface area contributed by atoms with Gasteiger partial charge in [0.25, 0.3) is 10.1 Å². The van der Waals surface area contributed by atoms with Gasteiger partial charge in [-0.25, -0.2) is 9.37 Å². The van der Waals surface area contributed by atoms with E-state index in [1.807, 2.05) is 59.2 Å². The molecule has 1 amide bonds. The van der Waals surface area contributed by atoms with E-state index < -0.39 is 27.2 Å². The fraction of sp³-hybridized carbons (Fsp3) is 0.395. The predicted octanol–water partition coefficient (Wildman–Crippen LogP) is 5.54. The van der Waals surface area contributed by atoms with Gasteiger partial charge in [-0.15, -0.1) is 0 Å². The van der Waals surface area contributed by atoms with Crippen molar-refractivity contribution in [2.75, 3.05) is 53.8 Å². The van der Waals surface area contributed by atoms with Crippen molar-refractivity contribution in [3.63, 3.8) is 0 Å². The largest absolute Gasteiger partial charge is 0.493 e. The third kappa shape index (κ3) is 8.50. The van der Waals surface area contributed by atoms with Gasteiger partial charge in [0.1, 0.15) is 23.3 Å². The highest BCUT2D eigenvalue weighted by molar-refractivity contribution is 7.86. The Morgan fingerprint density at radius 1 is 0.842 bits per heavy atom. The van der Waals surface area contributed by atoms with Gasteiger partial charge in [0.05, 0.1) is 44.0 Å². The molecule has 14 heteroatoms. The first-order valence-corrected chi connectivity index (χ1v) is 20.8. The molecule has 0 bridgehead atoms. The Morgan fingerprint density at radius 3 is 2.12 bits per heavy atom. The molecule has 2 saturated heterocycles. The van der Waals surface area contributed by atoms with Crippen LogP contribution in [0, 0.1) is 11.2 Å². The molecule has 7 rings (SSSR count). The molecule has 4 aromatic carbocycles. The van der Waals surface area contributed by atoms with E-state index in [1.54, 1.807) is 29.2 Å². The fourth-order valence-corrected chi connectivity index (χ4v) is 9.09. The number of hydrogen-bond acceptors (Lipinski definition) is 10. The minimum Gasteiger partial charge on any atom is -0.493 e. The highest BCUT2D eigenvalue weighted by atomic mass is 32.2. The van der Waals surface area contributed by atoms with E-state index in [2.05, 4.69) is 4.90 Å². The van der Waals surface area contributed by atoms with E-state index in [4.69, 9.17) is 23.4 Å². The minimum atomic E-state index is -3.96. The molecule has 2 fully saturated rings. The molecule has 1 aromatic heterocycles. The van der Waals surface area contributed by atoms with Crippen molar-refractivity contribution in [2.24, 2.45) is 5.41 Å². The van der Waals surface area contributed by atoms with Crippen molar-refractivity contribution in [3.05, 3.63) is 119 Å².